The molecule has 0 spiro atoms. The van der Waals surface area contributed by atoms with Gasteiger partial charge in [0.25, 0.3) is 0 Å². The maximum Gasteiger partial charge on any atom is 0.305 e. The zero-order chi connectivity index (χ0) is 13.0. The fourth-order valence-corrected chi connectivity index (χ4v) is 2.01. The standard InChI is InChI=1S/C11H17N5O2/c1-15-4-2-9(3-5-15)6-12-11-13-7-10(8-14-11)16(17)18/h7-9H,2-6H2,1H3,(H,12,13,14). The SMILES string of the molecule is CN1CCC(CNc2ncc([N+](=O)[O-])cn2)CC1. The molecule has 0 bridgehead atoms. The number of likely N-dealkylation sites (tertiary alicyclic amines) is 1. The van der Waals surface area contributed by atoms with Gasteiger partial charge in [-0.25, -0.2) is 9.97 Å². The van der Waals surface area contributed by atoms with Crippen LogP contribution in [0, 0.1) is 16.0 Å². The van der Waals surface area contributed by atoms with Crippen LogP contribution in [0.1, 0.15) is 12.8 Å². The molecule has 0 aliphatic carbocycles. The Hall–Kier alpha value is -1.76. The molecule has 0 aromatic carbocycles. The van der Waals surface area contributed by atoms with Gasteiger partial charge in [0.2, 0.25) is 5.95 Å². The van der Waals surface area contributed by atoms with Gasteiger partial charge >= 0.3 is 5.69 Å². The van der Waals surface area contributed by atoms with Gasteiger partial charge in [0, 0.05) is 6.54 Å². The lowest BCUT2D eigenvalue weighted by Gasteiger charge is -2.28. The van der Waals surface area contributed by atoms with E-state index in [1.54, 1.807) is 0 Å². The van der Waals surface area contributed by atoms with Crippen molar-refractivity contribution in [3.05, 3.63) is 22.5 Å². The van der Waals surface area contributed by atoms with Gasteiger partial charge in [0.05, 0.1) is 4.92 Å². The van der Waals surface area contributed by atoms with Crippen LogP contribution < -0.4 is 5.32 Å². The summed E-state index contributed by atoms with van der Waals surface area (Å²) in [7, 11) is 2.13. The molecule has 2 rings (SSSR count). The fourth-order valence-electron chi connectivity index (χ4n) is 2.01. The molecule has 1 aromatic heterocycles. The number of nitrogens with one attached hydrogen (secondary N) is 1. The van der Waals surface area contributed by atoms with Crippen molar-refractivity contribution in [2.45, 2.75) is 12.8 Å². The predicted octanol–water partition coefficient (Wildman–Crippen LogP) is 1.14. The van der Waals surface area contributed by atoms with Gasteiger partial charge in [0.15, 0.2) is 0 Å². The van der Waals surface area contributed by atoms with Crippen molar-refractivity contribution in [3.8, 4) is 0 Å². The molecule has 1 aliphatic heterocycles. The third-order valence-electron chi connectivity index (χ3n) is 3.24. The van der Waals surface area contributed by atoms with Gasteiger partial charge < -0.3 is 10.2 Å². The second-order valence-corrected chi connectivity index (χ2v) is 4.65. The number of hydrogen-bond donors (Lipinski definition) is 1. The molecule has 1 fully saturated rings. The summed E-state index contributed by atoms with van der Waals surface area (Å²) in [6.07, 6.45) is 4.78. The molecule has 0 saturated carbocycles. The number of aromatic nitrogens is 2. The Morgan fingerprint density at radius 3 is 2.61 bits per heavy atom. The summed E-state index contributed by atoms with van der Waals surface area (Å²) in [5.41, 5.74) is -0.0835. The van der Waals surface area contributed by atoms with Gasteiger partial charge in [-0.3, -0.25) is 10.1 Å². The number of nitro groups is 1. The third-order valence-corrected chi connectivity index (χ3v) is 3.24. The highest BCUT2D eigenvalue weighted by Gasteiger charge is 2.16. The lowest BCUT2D eigenvalue weighted by Crippen LogP contribution is -2.33. The molecule has 0 radical (unpaired) electrons. The minimum Gasteiger partial charge on any atom is -0.354 e. The molecule has 0 unspecified atom stereocenters. The Balaban J connectivity index is 1.81. The number of nitrogens with zero attached hydrogens (tertiary/aromatic N) is 4. The van der Waals surface area contributed by atoms with Crippen molar-refractivity contribution in [2.24, 2.45) is 5.92 Å². The van der Waals surface area contributed by atoms with E-state index in [4.69, 9.17) is 0 Å². The van der Waals surface area contributed by atoms with Crippen LogP contribution in [0.5, 0.6) is 0 Å². The largest absolute Gasteiger partial charge is 0.354 e. The summed E-state index contributed by atoms with van der Waals surface area (Å²) in [6.45, 7) is 3.06. The normalized spacial score (nSPS) is 17.6. The molecule has 18 heavy (non-hydrogen) atoms. The fraction of sp³-hybridized carbons (Fsp3) is 0.636. The smallest absolute Gasteiger partial charge is 0.305 e. The molecule has 98 valence electrons. The van der Waals surface area contributed by atoms with Crippen LogP contribution in [0.2, 0.25) is 0 Å². The molecular weight excluding hydrogens is 234 g/mol. The second kappa shape index (κ2) is 5.72. The molecule has 1 aromatic rings. The minimum atomic E-state index is -0.499. The van der Waals surface area contributed by atoms with Crippen molar-refractivity contribution < 1.29 is 4.92 Å². The summed E-state index contributed by atoms with van der Waals surface area (Å²) in [5, 5.41) is 13.6. The zero-order valence-corrected chi connectivity index (χ0v) is 10.4. The number of piperidine rings is 1. The Kier molecular flexibility index (Phi) is 4.03. The average molecular weight is 251 g/mol. The maximum atomic E-state index is 10.4. The minimum absolute atomic E-state index is 0.0835. The van der Waals surface area contributed by atoms with Crippen LogP contribution in [-0.2, 0) is 0 Å². The zero-order valence-electron chi connectivity index (χ0n) is 10.4. The molecule has 7 heteroatoms. The molecular formula is C11H17N5O2. The predicted molar refractivity (Wildman–Crippen MR) is 67.4 cm³/mol. The first kappa shape index (κ1) is 12.7. The quantitative estimate of drug-likeness (QED) is 0.638. The molecule has 1 N–H and O–H groups in total. The summed E-state index contributed by atoms with van der Waals surface area (Å²) < 4.78 is 0. The first-order valence-corrected chi connectivity index (χ1v) is 6.04. The average Bonchev–Trinajstić information content (AvgIpc) is 2.38. The van der Waals surface area contributed by atoms with E-state index >= 15 is 0 Å². The number of hydrogen-bond acceptors (Lipinski definition) is 6. The van der Waals surface area contributed by atoms with Gasteiger partial charge in [-0.05, 0) is 38.9 Å². The van der Waals surface area contributed by atoms with Gasteiger partial charge in [0.1, 0.15) is 12.4 Å². The first-order valence-electron chi connectivity index (χ1n) is 6.04. The molecule has 2 heterocycles. The molecule has 1 saturated heterocycles. The Labute approximate surface area is 105 Å². The highest BCUT2D eigenvalue weighted by molar-refractivity contribution is 5.30. The van der Waals surface area contributed by atoms with Crippen molar-refractivity contribution in [2.75, 3.05) is 32.0 Å². The molecule has 0 atom stereocenters. The van der Waals surface area contributed by atoms with E-state index in [2.05, 4.69) is 27.2 Å². The van der Waals surface area contributed by atoms with Crippen LogP contribution in [0.3, 0.4) is 0 Å². The monoisotopic (exact) mass is 251 g/mol. The van der Waals surface area contributed by atoms with Crippen LogP contribution in [0.25, 0.3) is 0 Å². The van der Waals surface area contributed by atoms with E-state index in [0.29, 0.717) is 11.9 Å². The van der Waals surface area contributed by atoms with E-state index in [1.165, 1.54) is 12.4 Å². The van der Waals surface area contributed by atoms with Crippen molar-refractivity contribution in [1.82, 2.24) is 14.9 Å². The summed E-state index contributed by atoms with van der Waals surface area (Å²) in [5.74, 6) is 1.08. The van der Waals surface area contributed by atoms with Crippen molar-refractivity contribution in [1.29, 1.82) is 0 Å². The van der Waals surface area contributed by atoms with Crippen molar-refractivity contribution in [3.63, 3.8) is 0 Å². The van der Waals surface area contributed by atoms with Crippen LogP contribution in [0.4, 0.5) is 11.6 Å². The lowest BCUT2D eigenvalue weighted by molar-refractivity contribution is -0.385. The van der Waals surface area contributed by atoms with E-state index in [9.17, 15) is 10.1 Å². The van der Waals surface area contributed by atoms with Gasteiger partial charge in [-0.1, -0.05) is 0 Å². The molecule has 1 aliphatic rings. The summed E-state index contributed by atoms with van der Waals surface area (Å²) in [6, 6.07) is 0. The van der Waals surface area contributed by atoms with E-state index < -0.39 is 4.92 Å². The third kappa shape index (κ3) is 3.36. The summed E-state index contributed by atoms with van der Waals surface area (Å²) >= 11 is 0. The molecule has 0 amide bonds. The van der Waals surface area contributed by atoms with Crippen molar-refractivity contribution >= 4 is 11.6 Å². The first-order chi connectivity index (χ1) is 8.65. The lowest BCUT2D eigenvalue weighted by atomic mass is 9.97. The van der Waals surface area contributed by atoms with E-state index in [0.717, 1.165) is 32.5 Å². The van der Waals surface area contributed by atoms with E-state index in [-0.39, 0.29) is 5.69 Å². The Bertz CT molecular complexity index is 400. The second-order valence-electron chi connectivity index (χ2n) is 4.65. The van der Waals surface area contributed by atoms with Gasteiger partial charge in [-0.2, -0.15) is 0 Å². The number of rotatable bonds is 4. The molecule has 7 nitrogen and oxygen atoms in total. The highest BCUT2D eigenvalue weighted by Crippen LogP contribution is 2.16. The maximum absolute atomic E-state index is 10.4. The van der Waals surface area contributed by atoms with Crippen LogP contribution >= 0.6 is 0 Å². The summed E-state index contributed by atoms with van der Waals surface area (Å²) in [4.78, 5) is 20.1. The Morgan fingerprint density at radius 2 is 2.06 bits per heavy atom. The van der Waals surface area contributed by atoms with Gasteiger partial charge in [-0.15, -0.1) is 0 Å². The van der Waals surface area contributed by atoms with E-state index in [1.807, 2.05) is 0 Å². The Morgan fingerprint density at radius 1 is 1.44 bits per heavy atom. The highest BCUT2D eigenvalue weighted by atomic mass is 16.6. The number of anilines is 1. The topological polar surface area (TPSA) is 84.2 Å². The van der Waals surface area contributed by atoms with Crippen LogP contribution in [0.15, 0.2) is 12.4 Å². The van der Waals surface area contributed by atoms with Crippen LogP contribution in [-0.4, -0.2) is 46.5 Å².